The number of hydrogen-bond acceptors (Lipinski definition) is 3. The van der Waals surface area contributed by atoms with Crippen LogP contribution >= 0.6 is 0 Å². The smallest absolute Gasteiger partial charge is 0.353 e. The van der Waals surface area contributed by atoms with Gasteiger partial charge in [0.1, 0.15) is 6.61 Å². The lowest BCUT2D eigenvalue weighted by Crippen LogP contribution is -2.11. The first-order chi connectivity index (χ1) is 8.63. The molecule has 0 aromatic heterocycles. The van der Waals surface area contributed by atoms with Crippen molar-refractivity contribution in [3.05, 3.63) is 41.5 Å². The van der Waals surface area contributed by atoms with Gasteiger partial charge in [-0.25, -0.2) is 4.79 Å². The summed E-state index contributed by atoms with van der Waals surface area (Å²) in [5.74, 6) is -1.04. The highest BCUT2D eigenvalue weighted by atomic mass is 16.6. The van der Waals surface area contributed by atoms with E-state index in [1.165, 1.54) is 5.56 Å². The molecule has 0 fully saturated rings. The van der Waals surface area contributed by atoms with Gasteiger partial charge in [-0.3, -0.25) is 0 Å². The molecule has 0 saturated heterocycles. The standard InChI is InChI=1S/C14H17NO3/c1-3-13(14(16)17)15-18-9-5-8-12-7-4-6-11(2)10-12/h4-8,10H,3,9H2,1-2H3,(H,16,17)/b8-5+,15-13?. The van der Waals surface area contributed by atoms with Crippen LogP contribution < -0.4 is 0 Å². The summed E-state index contributed by atoms with van der Waals surface area (Å²) in [7, 11) is 0. The topological polar surface area (TPSA) is 58.9 Å². The van der Waals surface area contributed by atoms with E-state index >= 15 is 0 Å². The molecule has 4 nitrogen and oxygen atoms in total. The van der Waals surface area contributed by atoms with Gasteiger partial charge in [-0.2, -0.15) is 0 Å². The van der Waals surface area contributed by atoms with Crippen molar-refractivity contribution in [2.24, 2.45) is 5.16 Å². The summed E-state index contributed by atoms with van der Waals surface area (Å²) in [6.07, 6.45) is 4.05. The van der Waals surface area contributed by atoms with Crippen molar-refractivity contribution in [3.8, 4) is 0 Å². The van der Waals surface area contributed by atoms with Gasteiger partial charge in [-0.15, -0.1) is 0 Å². The van der Waals surface area contributed by atoms with E-state index in [4.69, 9.17) is 9.94 Å². The molecule has 18 heavy (non-hydrogen) atoms. The third kappa shape index (κ3) is 4.82. The molecule has 0 spiro atoms. The van der Waals surface area contributed by atoms with Crippen LogP contribution in [-0.4, -0.2) is 23.4 Å². The number of aryl methyl sites for hydroxylation is 1. The van der Waals surface area contributed by atoms with E-state index < -0.39 is 5.97 Å². The maximum Gasteiger partial charge on any atom is 0.353 e. The molecule has 0 heterocycles. The van der Waals surface area contributed by atoms with Crippen molar-refractivity contribution in [2.75, 3.05) is 6.61 Å². The van der Waals surface area contributed by atoms with E-state index in [1.54, 1.807) is 13.0 Å². The van der Waals surface area contributed by atoms with Crippen molar-refractivity contribution in [3.63, 3.8) is 0 Å². The number of carboxylic acid groups (broad SMARTS) is 1. The molecular formula is C14H17NO3. The third-order valence-electron chi connectivity index (χ3n) is 2.28. The van der Waals surface area contributed by atoms with Gasteiger partial charge in [0, 0.05) is 0 Å². The Hall–Kier alpha value is -2.10. The summed E-state index contributed by atoms with van der Waals surface area (Å²) in [5, 5.41) is 12.3. The molecule has 0 bridgehead atoms. The molecule has 1 N–H and O–H groups in total. The van der Waals surface area contributed by atoms with E-state index in [0.29, 0.717) is 6.42 Å². The largest absolute Gasteiger partial charge is 0.477 e. The van der Waals surface area contributed by atoms with Gasteiger partial charge < -0.3 is 9.94 Å². The van der Waals surface area contributed by atoms with Crippen LogP contribution in [0.1, 0.15) is 24.5 Å². The zero-order valence-corrected chi connectivity index (χ0v) is 10.6. The van der Waals surface area contributed by atoms with Crippen molar-refractivity contribution in [1.82, 2.24) is 0 Å². The summed E-state index contributed by atoms with van der Waals surface area (Å²) in [4.78, 5) is 15.5. The van der Waals surface area contributed by atoms with Crippen LogP contribution in [0.5, 0.6) is 0 Å². The second-order valence-corrected chi connectivity index (χ2v) is 3.81. The SMILES string of the molecule is CCC(=NOC/C=C/c1cccc(C)c1)C(=O)O. The average Bonchev–Trinajstić information content (AvgIpc) is 2.33. The first-order valence-electron chi connectivity index (χ1n) is 5.78. The lowest BCUT2D eigenvalue weighted by Gasteiger charge is -1.98. The molecule has 0 aliphatic heterocycles. The van der Waals surface area contributed by atoms with Gasteiger partial charge in [0.05, 0.1) is 0 Å². The van der Waals surface area contributed by atoms with Crippen molar-refractivity contribution >= 4 is 17.8 Å². The van der Waals surface area contributed by atoms with Crippen LogP contribution in [0.3, 0.4) is 0 Å². The summed E-state index contributed by atoms with van der Waals surface area (Å²) in [6, 6.07) is 8.04. The van der Waals surface area contributed by atoms with E-state index in [9.17, 15) is 4.79 Å². The molecule has 0 atom stereocenters. The Kier molecular flexibility index (Phi) is 5.64. The number of oxime groups is 1. The Morgan fingerprint density at radius 3 is 2.89 bits per heavy atom. The molecule has 96 valence electrons. The number of aliphatic carboxylic acids is 1. The quantitative estimate of drug-likeness (QED) is 0.477. The minimum Gasteiger partial charge on any atom is -0.477 e. The van der Waals surface area contributed by atoms with Crippen LogP contribution in [0.4, 0.5) is 0 Å². The monoisotopic (exact) mass is 247 g/mol. The van der Waals surface area contributed by atoms with E-state index in [0.717, 1.165) is 5.56 Å². The maximum absolute atomic E-state index is 10.6. The van der Waals surface area contributed by atoms with Crippen LogP contribution in [-0.2, 0) is 9.63 Å². The molecule has 0 amide bonds. The normalized spacial score (nSPS) is 11.8. The highest BCUT2D eigenvalue weighted by Gasteiger charge is 2.05. The van der Waals surface area contributed by atoms with Crippen LogP contribution in [0.2, 0.25) is 0 Å². The molecule has 1 aromatic carbocycles. The molecule has 0 saturated carbocycles. The summed E-state index contributed by atoms with van der Waals surface area (Å²) >= 11 is 0. The predicted octanol–water partition coefficient (Wildman–Crippen LogP) is 2.88. The fourth-order valence-electron chi connectivity index (χ4n) is 1.37. The van der Waals surface area contributed by atoms with Gasteiger partial charge in [-0.05, 0) is 25.0 Å². The second kappa shape index (κ2) is 7.27. The summed E-state index contributed by atoms with van der Waals surface area (Å²) in [5.41, 5.74) is 2.30. The Bertz CT molecular complexity index is 464. The van der Waals surface area contributed by atoms with Crippen molar-refractivity contribution < 1.29 is 14.7 Å². The minimum absolute atomic E-state index is 0.0268. The Morgan fingerprint density at radius 1 is 1.50 bits per heavy atom. The van der Waals surface area contributed by atoms with E-state index in [1.807, 2.05) is 31.2 Å². The van der Waals surface area contributed by atoms with Crippen molar-refractivity contribution in [1.29, 1.82) is 0 Å². The lowest BCUT2D eigenvalue weighted by molar-refractivity contribution is -0.129. The molecule has 1 rings (SSSR count). The van der Waals surface area contributed by atoms with Gasteiger partial charge in [0.25, 0.3) is 0 Å². The summed E-state index contributed by atoms with van der Waals surface area (Å²) in [6.45, 7) is 4.00. The van der Waals surface area contributed by atoms with Gasteiger partial charge >= 0.3 is 5.97 Å². The molecule has 0 unspecified atom stereocenters. The predicted molar refractivity (Wildman–Crippen MR) is 71.5 cm³/mol. The number of benzene rings is 1. The van der Waals surface area contributed by atoms with Crippen LogP contribution in [0, 0.1) is 6.92 Å². The zero-order valence-electron chi connectivity index (χ0n) is 10.6. The number of nitrogens with zero attached hydrogens (tertiary/aromatic N) is 1. The minimum atomic E-state index is -1.04. The van der Waals surface area contributed by atoms with Gasteiger partial charge in [-0.1, -0.05) is 48.0 Å². The van der Waals surface area contributed by atoms with E-state index in [-0.39, 0.29) is 12.3 Å². The summed E-state index contributed by atoms with van der Waals surface area (Å²) < 4.78 is 0. The second-order valence-electron chi connectivity index (χ2n) is 3.81. The number of hydrogen-bond donors (Lipinski definition) is 1. The first kappa shape index (κ1) is 14.0. The molecular weight excluding hydrogens is 230 g/mol. The number of carboxylic acids is 1. The van der Waals surface area contributed by atoms with Gasteiger partial charge in [0.2, 0.25) is 0 Å². The number of rotatable bonds is 6. The fourth-order valence-corrected chi connectivity index (χ4v) is 1.37. The molecule has 1 aromatic rings. The number of carbonyl (C=O) groups is 1. The molecule has 4 heteroatoms. The van der Waals surface area contributed by atoms with Crippen LogP contribution in [0.15, 0.2) is 35.5 Å². The molecule has 0 aliphatic carbocycles. The lowest BCUT2D eigenvalue weighted by atomic mass is 10.1. The van der Waals surface area contributed by atoms with E-state index in [2.05, 4.69) is 11.2 Å². The third-order valence-corrected chi connectivity index (χ3v) is 2.28. The average molecular weight is 247 g/mol. The maximum atomic E-state index is 10.6. The first-order valence-corrected chi connectivity index (χ1v) is 5.78. The molecule has 0 aliphatic rings. The zero-order chi connectivity index (χ0) is 13.4. The van der Waals surface area contributed by atoms with Crippen molar-refractivity contribution in [2.45, 2.75) is 20.3 Å². The highest BCUT2D eigenvalue weighted by molar-refractivity contribution is 6.35. The Balaban J connectivity index is 2.44. The Morgan fingerprint density at radius 2 is 2.28 bits per heavy atom. The fraction of sp³-hybridized carbons (Fsp3) is 0.286. The molecule has 0 radical (unpaired) electrons. The Labute approximate surface area is 107 Å². The van der Waals surface area contributed by atoms with Crippen LogP contribution in [0.25, 0.3) is 6.08 Å². The highest BCUT2D eigenvalue weighted by Crippen LogP contribution is 2.05. The van der Waals surface area contributed by atoms with Gasteiger partial charge in [0.15, 0.2) is 5.71 Å².